The van der Waals surface area contributed by atoms with E-state index in [4.69, 9.17) is 0 Å². The molecule has 1 N–H and O–H groups in total. The fraction of sp³-hybridized carbons (Fsp3) is 0.571. The highest BCUT2D eigenvalue weighted by atomic mass is 15.1. The highest BCUT2D eigenvalue weighted by Gasteiger charge is 1.98. The Kier molecular flexibility index (Phi) is 6.86. The predicted molar refractivity (Wildman–Crippen MR) is 70.6 cm³/mol. The first kappa shape index (κ1) is 13.2. The average Bonchev–Trinajstić information content (AvgIpc) is 2.30. The summed E-state index contributed by atoms with van der Waals surface area (Å²) in [4.78, 5) is 2.38. The Labute approximate surface area is 99.7 Å². The molecule has 0 spiro atoms. The van der Waals surface area contributed by atoms with Gasteiger partial charge in [0.15, 0.2) is 0 Å². The van der Waals surface area contributed by atoms with Gasteiger partial charge in [0.1, 0.15) is 0 Å². The number of hydrogen-bond acceptors (Lipinski definition) is 2. The maximum atomic E-state index is 3.43. The third-order valence-electron chi connectivity index (χ3n) is 2.62. The molecule has 0 amide bonds. The number of hydrogen-bond donors (Lipinski definition) is 1. The van der Waals surface area contributed by atoms with E-state index in [1.54, 1.807) is 0 Å². The predicted octanol–water partition coefficient (Wildman–Crippen LogP) is 2.51. The van der Waals surface area contributed by atoms with Gasteiger partial charge in [0, 0.05) is 6.54 Å². The summed E-state index contributed by atoms with van der Waals surface area (Å²) >= 11 is 0. The van der Waals surface area contributed by atoms with Gasteiger partial charge in [-0.15, -0.1) is 0 Å². The molecular weight excluding hydrogens is 196 g/mol. The summed E-state index contributed by atoms with van der Waals surface area (Å²) in [7, 11) is 2.19. The van der Waals surface area contributed by atoms with E-state index in [9.17, 15) is 0 Å². The lowest BCUT2D eigenvalue weighted by molar-refractivity contribution is 0.320. The monoisotopic (exact) mass is 220 g/mol. The molecule has 2 nitrogen and oxygen atoms in total. The van der Waals surface area contributed by atoms with E-state index in [1.165, 1.54) is 18.4 Å². The van der Waals surface area contributed by atoms with Crippen LogP contribution in [0.1, 0.15) is 25.3 Å². The van der Waals surface area contributed by atoms with E-state index in [-0.39, 0.29) is 0 Å². The maximum Gasteiger partial charge on any atom is 0.0230 e. The van der Waals surface area contributed by atoms with Gasteiger partial charge in [0.25, 0.3) is 0 Å². The topological polar surface area (TPSA) is 15.3 Å². The lowest BCUT2D eigenvalue weighted by Gasteiger charge is -2.16. The minimum atomic E-state index is 1.05. The largest absolute Gasteiger partial charge is 0.317 e. The van der Waals surface area contributed by atoms with E-state index in [2.05, 4.69) is 54.5 Å². The molecule has 0 heterocycles. The zero-order valence-corrected chi connectivity index (χ0v) is 10.6. The van der Waals surface area contributed by atoms with Gasteiger partial charge >= 0.3 is 0 Å². The van der Waals surface area contributed by atoms with Gasteiger partial charge in [0.2, 0.25) is 0 Å². The van der Waals surface area contributed by atoms with Crippen LogP contribution in [0.4, 0.5) is 0 Å². The maximum absolute atomic E-state index is 3.43. The second-order valence-electron chi connectivity index (χ2n) is 4.33. The molecule has 0 fully saturated rings. The van der Waals surface area contributed by atoms with Gasteiger partial charge in [-0.2, -0.15) is 0 Å². The molecule has 0 aliphatic rings. The number of nitrogens with one attached hydrogen (secondary N) is 1. The molecule has 0 saturated heterocycles. The van der Waals surface area contributed by atoms with Crippen molar-refractivity contribution in [3.05, 3.63) is 35.9 Å². The van der Waals surface area contributed by atoms with Crippen LogP contribution in [0.15, 0.2) is 30.3 Å². The number of rotatable bonds is 8. The number of nitrogens with zero attached hydrogens (tertiary/aromatic N) is 1. The van der Waals surface area contributed by atoms with Crippen molar-refractivity contribution in [2.45, 2.75) is 26.3 Å². The van der Waals surface area contributed by atoms with Gasteiger partial charge in [0.05, 0.1) is 0 Å². The molecule has 1 aromatic rings. The summed E-state index contributed by atoms with van der Waals surface area (Å²) in [5, 5.41) is 3.43. The fourth-order valence-electron chi connectivity index (χ4n) is 1.75. The van der Waals surface area contributed by atoms with Crippen LogP contribution in [0.25, 0.3) is 0 Å². The molecule has 0 aliphatic carbocycles. The summed E-state index contributed by atoms with van der Waals surface area (Å²) in [5.41, 5.74) is 1.39. The van der Waals surface area contributed by atoms with E-state index in [1.807, 2.05) is 0 Å². The summed E-state index contributed by atoms with van der Waals surface area (Å²) in [6.45, 7) is 6.68. The third-order valence-corrected chi connectivity index (χ3v) is 2.62. The van der Waals surface area contributed by atoms with Crippen molar-refractivity contribution < 1.29 is 0 Å². The van der Waals surface area contributed by atoms with Crippen LogP contribution in [0, 0.1) is 0 Å². The van der Waals surface area contributed by atoms with Crippen molar-refractivity contribution in [1.82, 2.24) is 10.2 Å². The van der Waals surface area contributed by atoms with Crippen LogP contribution in [0.2, 0.25) is 0 Å². The molecule has 2 heteroatoms. The van der Waals surface area contributed by atoms with Gasteiger partial charge < -0.3 is 10.2 Å². The Bertz CT molecular complexity index is 259. The van der Waals surface area contributed by atoms with Gasteiger partial charge in [-0.3, -0.25) is 0 Å². The van der Waals surface area contributed by atoms with Crippen LogP contribution in [-0.4, -0.2) is 31.6 Å². The van der Waals surface area contributed by atoms with Crippen molar-refractivity contribution >= 4 is 0 Å². The van der Waals surface area contributed by atoms with Gasteiger partial charge in [-0.05, 0) is 45.1 Å². The highest BCUT2D eigenvalue weighted by Crippen LogP contribution is 2.02. The molecule has 1 rings (SSSR count). The molecular formula is C14H24N2. The Morgan fingerprint density at radius 3 is 2.56 bits per heavy atom. The zero-order chi connectivity index (χ0) is 11.6. The van der Waals surface area contributed by atoms with Crippen molar-refractivity contribution in [3.63, 3.8) is 0 Å². The average molecular weight is 220 g/mol. The van der Waals surface area contributed by atoms with E-state index < -0.39 is 0 Å². The Hall–Kier alpha value is -0.860. The minimum Gasteiger partial charge on any atom is -0.317 e. The Morgan fingerprint density at radius 1 is 1.12 bits per heavy atom. The minimum absolute atomic E-state index is 1.05. The van der Waals surface area contributed by atoms with Crippen molar-refractivity contribution in [2.75, 3.05) is 26.7 Å². The van der Waals surface area contributed by atoms with Gasteiger partial charge in [-0.1, -0.05) is 37.3 Å². The summed E-state index contributed by atoms with van der Waals surface area (Å²) in [6, 6.07) is 10.6. The van der Waals surface area contributed by atoms with Crippen LogP contribution in [0.3, 0.4) is 0 Å². The highest BCUT2D eigenvalue weighted by molar-refractivity contribution is 5.14. The Morgan fingerprint density at radius 2 is 1.88 bits per heavy atom. The lowest BCUT2D eigenvalue weighted by Crippen LogP contribution is -2.24. The molecule has 16 heavy (non-hydrogen) atoms. The first-order valence-corrected chi connectivity index (χ1v) is 6.26. The first-order valence-electron chi connectivity index (χ1n) is 6.26. The van der Waals surface area contributed by atoms with Crippen molar-refractivity contribution in [2.24, 2.45) is 0 Å². The molecule has 90 valence electrons. The first-order chi connectivity index (χ1) is 7.83. The van der Waals surface area contributed by atoms with Crippen LogP contribution >= 0.6 is 0 Å². The molecule has 1 aromatic carbocycles. The molecule has 0 saturated carbocycles. The number of benzene rings is 1. The summed E-state index contributed by atoms with van der Waals surface area (Å²) < 4.78 is 0. The second-order valence-corrected chi connectivity index (χ2v) is 4.33. The fourth-order valence-corrected chi connectivity index (χ4v) is 1.75. The van der Waals surface area contributed by atoms with E-state index in [0.29, 0.717) is 0 Å². The molecule has 0 atom stereocenters. The lowest BCUT2D eigenvalue weighted by atomic mass is 10.2. The zero-order valence-electron chi connectivity index (χ0n) is 10.6. The van der Waals surface area contributed by atoms with Crippen molar-refractivity contribution in [3.8, 4) is 0 Å². The summed E-state index contributed by atoms with van der Waals surface area (Å²) in [6.07, 6.45) is 2.45. The molecule has 0 aromatic heterocycles. The molecule has 0 bridgehead atoms. The van der Waals surface area contributed by atoms with E-state index in [0.717, 1.165) is 26.2 Å². The molecule has 0 unspecified atom stereocenters. The third kappa shape index (κ3) is 5.89. The second kappa shape index (κ2) is 8.31. The van der Waals surface area contributed by atoms with Gasteiger partial charge in [-0.25, -0.2) is 0 Å². The molecule has 0 radical (unpaired) electrons. The van der Waals surface area contributed by atoms with E-state index >= 15 is 0 Å². The normalized spacial score (nSPS) is 10.9. The SMILES string of the molecule is CCCNCCCN(C)Cc1ccccc1. The quantitative estimate of drug-likeness (QED) is 0.677. The van der Waals surface area contributed by atoms with Crippen LogP contribution in [0.5, 0.6) is 0 Å². The van der Waals surface area contributed by atoms with Crippen LogP contribution in [-0.2, 0) is 6.54 Å². The molecule has 0 aliphatic heterocycles. The van der Waals surface area contributed by atoms with Crippen molar-refractivity contribution in [1.29, 1.82) is 0 Å². The summed E-state index contributed by atoms with van der Waals surface area (Å²) in [5.74, 6) is 0. The smallest absolute Gasteiger partial charge is 0.0230 e. The Balaban J connectivity index is 2.09. The van der Waals surface area contributed by atoms with Crippen LogP contribution < -0.4 is 5.32 Å². The standard InChI is InChI=1S/C14H24N2/c1-3-10-15-11-7-12-16(2)13-14-8-5-4-6-9-14/h4-6,8-9,15H,3,7,10-13H2,1-2H3.